The SMILES string of the molecule is CCC(Br)C(=O)N(C)CC(=O)Nc1ccccc1Cl. The van der Waals surface area contributed by atoms with Crippen LogP contribution in [-0.2, 0) is 9.59 Å². The number of hydrogen-bond acceptors (Lipinski definition) is 2. The van der Waals surface area contributed by atoms with Crippen LogP contribution in [0, 0.1) is 0 Å². The fourth-order valence-corrected chi connectivity index (χ4v) is 1.99. The number of benzene rings is 1. The van der Waals surface area contributed by atoms with E-state index < -0.39 is 0 Å². The zero-order chi connectivity index (χ0) is 14.4. The van der Waals surface area contributed by atoms with Crippen LogP contribution >= 0.6 is 27.5 Å². The minimum atomic E-state index is -0.278. The second-order valence-electron chi connectivity index (χ2n) is 4.10. The third-order valence-corrected chi connectivity index (χ3v) is 3.90. The first-order valence-electron chi connectivity index (χ1n) is 5.89. The van der Waals surface area contributed by atoms with Gasteiger partial charge in [-0.15, -0.1) is 0 Å². The van der Waals surface area contributed by atoms with Crippen LogP contribution in [0.5, 0.6) is 0 Å². The van der Waals surface area contributed by atoms with Crippen molar-refractivity contribution < 1.29 is 9.59 Å². The third kappa shape index (κ3) is 4.84. The highest BCUT2D eigenvalue weighted by molar-refractivity contribution is 9.10. The molecule has 0 radical (unpaired) electrons. The Kier molecular flexibility index (Phi) is 6.31. The summed E-state index contributed by atoms with van der Waals surface area (Å²) in [5.74, 6) is -0.392. The number of amides is 2. The van der Waals surface area contributed by atoms with Gasteiger partial charge in [-0.25, -0.2) is 0 Å². The number of carbonyl (C=O) groups is 2. The van der Waals surface area contributed by atoms with Gasteiger partial charge in [0.2, 0.25) is 11.8 Å². The molecule has 2 amide bonds. The fraction of sp³-hybridized carbons (Fsp3) is 0.385. The predicted molar refractivity (Wildman–Crippen MR) is 80.7 cm³/mol. The van der Waals surface area contributed by atoms with Crippen molar-refractivity contribution in [1.29, 1.82) is 0 Å². The Morgan fingerprint density at radius 2 is 2.05 bits per heavy atom. The summed E-state index contributed by atoms with van der Waals surface area (Å²) >= 11 is 9.20. The molecular weight excluding hydrogens is 332 g/mol. The second-order valence-corrected chi connectivity index (χ2v) is 5.61. The number of para-hydroxylation sites is 1. The number of carbonyl (C=O) groups excluding carboxylic acids is 2. The Morgan fingerprint density at radius 3 is 2.63 bits per heavy atom. The van der Waals surface area contributed by atoms with Crippen molar-refractivity contribution in [2.75, 3.05) is 18.9 Å². The van der Waals surface area contributed by atoms with Crippen molar-refractivity contribution in [3.63, 3.8) is 0 Å². The van der Waals surface area contributed by atoms with Crippen LogP contribution in [0.2, 0.25) is 5.02 Å². The van der Waals surface area contributed by atoms with Gasteiger partial charge in [-0.2, -0.15) is 0 Å². The van der Waals surface area contributed by atoms with E-state index in [1.54, 1.807) is 31.3 Å². The minimum Gasteiger partial charge on any atom is -0.335 e. The van der Waals surface area contributed by atoms with Crippen molar-refractivity contribution in [3.05, 3.63) is 29.3 Å². The van der Waals surface area contributed by atoms with Gasteiger partial charge < -0.3 is 10.2 Å². The Balaban J connectivity index is 2.56. The van der Waals surface area contributed by atoms with Gasteiger partial charge in [0.05, 0.1) is 22.1 Å². The van der Waals surface area contributed by atoms with Gasteiger partial charge in [0.25, 0.3) is 0 Å². The molecule has 0 aliphatic rings. The van der Waals surface area contributed by atoms with Crippen molar-refractivity contribution >= 4 is 45.0 Å². The van der Waals surface area contributed by atoms with Crippen LogP contribution < -0.4 is 5.32 Å². The van der Waals surface area contributed by atoms with Crippen molar-refractivity contribution in [2.45, 2.75) is 18.2 Å². The molecule has 1 unspecified atom stereocenters. The van der Waals surface area contributed by atoms with Gasteiger partial charge in [0.1, 0.15) is 0 Å². The summed E-state index contributed by atoms with van der Waals surface area (Å²) in [5, 5.41) is 3.14. The molecule has 1 rings (SSSR count). The van der Waals surface area contributed by atoms with Gasteiger partial charge in [-0.05, 0) is 18.6 Å². The zero-order valence-electron chi connectivity index (χ0n) is 10.8. The van der Waals surface area contributed by atoms with Crippen molar-refractivity contribution in [2.24, 2.45) is 0 Å². The fourth-order valence-electron chi connectivity index (χ4n) is 1.46. The molecule has 1 atom stereocenters. The summed E-state index contributed by atoms with van der Waals surface area (Å²) in [7, 11) is 1.60. The van der Waals surface area contributed by atoms with E-state index in [1.165, 1.54) is 4.90 Å². The van der Waals surface area contributed by atoms with E-state index in [2.05, 4.69) is 21.2 Å². The molecule has 0 saturated heterocycles. The molecule has 1 aromatic carbocycles. The van der Waals surface area contributed by atoms with Crippen LogP contribution in [0.4, 0.5) is 5.69 Å². The monoisotopic (exact) mass is 346 g/mol. The van der Waals surface area contributed by atoms with E-state index in [9.17, 15) is 9.59 Å². The van der Waals surface area contributed by atoms with E-state index in [1.807, 2.05) is 6.92 Å². The summed E-state index contributed by atoms with van der Waals surface area (Å²) in [5.41, 5.74) is 0.542. The van der Waals surface area contributed by atoms with Crippen molar-refractivity contribution in [1.82, 2.24) is 4.90 Å². The summed E-state index contributed by atoms with van der Waals surface area (Å²) < 4.78 is 0. The zero-order valence-corrected chi connectivity index (χ0v) is 13.2. The summed E-state index contributed by atoms with van der Waals surface area (Å²) in [4.78, 5) is 24.7. The quantitative estimate of drug-likeness (QED) is 0.833. The van der Waals surface area contributed by atoms with Gasteiger partial charge in [0.15, 0.2) is 0 Å². The largest absolute Gasteiger partial charge is 0.335 e. The first kappa shape index (κ1) is 16.0. The average molecular weight is 348 g/mol. The number of nitrogens with one attached hydrogen (secondary N) is 1. The molecule has 0 aliphatic heterocycles. The number of hydrogen-bond donors (Lipinski definition) is 1. The molecule has 0 aliphatic carbocycles. The highest BCUT2D eigenvalue weighted by Gasteiger charge is 2.19. The van der Waals surface area contributed by atoms with E-state index in [0.29, 0.717) is 17.1 Å². The van der Waals surface area contributed by atoms with Crippen LogP contribution in [0.15, 0.2) is 24.3 Å². The number of alkyl halides is 1. The summed E-state index contributed by atoms with van der Waals surface area (Å²) in [6.07, 6.45) is 0.676. The van der Waals surface area contributed by atoms with E-state index in [-0.39, 0.29) is 23.2 Å². The molecular formula is C13H16BrClN2O2. The Hall–Kier alpha value is -1.07. The molecule has 104 valence electrons. The molecule has 1 N–H and O–H groups in total. The molecule has 4 nitrogen and oxygen atoms in total. The Bertz CT molecular complexity index is 468. The van der Waals surface area contributed by atoms with Gasteiger partial charge >= 0.3 is 0 Å². The third-order valence-electron chi connectivity index (χ3n) is 2.53. The lowest BCUT2D eigenvalue weighted by Gasteiger charge is -2.19. The highest BCUT2D eigenvalue weighted by Crippen LogP contribution is 2.20. The van der Waals surface area contributed by atoms with Crippen LogP contribution in [0.1, 0.15) is 13.3 Å². The molecule has 19 heavy (non-hydrogen) atoms. The van der Waals surface area contributed by atoms with E-state index >= 15 is 0 Å². The van der Waals surface area contributed by atoms with Gasteiger partial charge in [0, 0.05) is 7.05 Å². The molecule has 0 spiro atoms. The molecule has 0 fully saturated rings. The topological polar surface area (TPSA) is 49.4 Å². The second kappa shape index (κ2) is 7.50. The maximum absolute atomic E-state index is 11.8. The number of rotatable bonds is 5. The van der Waals surface area contributed by atoms with Gasteiger partial charge in [-0.1, -0.05) is 46.6 Å². The van der Waals surface area contributed by atoms with E-state index in [4.69, 9.17) is 11.6 Å². The molecule has 0 heterocycles. The molecule has 0 aromatic heterocycles. The highest BCUT2D eigenvalue weighted by atomic mass is 79.9. The van der Waals surface area contributed by atoms with Crippen LogP contribution in [-0.4, -0.2) is 35.1 Å². The average Bonchev–Trinajstić information content (AvgIpc) is 2.39. The maximum Gasteiger partial charge on any atom is 0.244 e. The summed E-state index contributed by atoms with van der Waals surface area (Å²) in [6, 6.07) is 6.96. The van der Waals surface area contributed by atoms with Gasteiger partial charge in [-0.3, -0.25) is 9.59 Å². The normalized spacial score (nSPS) is 11.8. The lowest BCUT2D eigenvalue weighted by atomic mass is 10.3. The molecule has 0 bridgehead atoms. The minimum absolute atomic E-state index is 0.00778. The Morgan fingerprint density at radius 1 is 1.42 bits per heavy atom. The number of anilines is 1. The lowest BCUT2D eigenvalue weighted by molar-refractivity contribution is -0.132. The van der Waals surface area contributed by atoms with Crippen molar-refractivity contribution in [3.8, 4) is 0 Å². The molecule has 1 aromatic rings. The number of halogens is 2. The van der Waals surface area contributed by atoms with Crippen LogP contribution in [0.3, 0.4) is 0 Å². The molecule has 0 saturated carbocycles. The maximum atomic E-state index is 11.8. The lowest BCUT2D eigenvalue weighted by Crippen LogP contribution is -2.38. The Labute approximate surface area is 126 Å². The first-order valence-corrected chi connectivity index (χ1v) is 7.18. The standard InChI is InChI=1S/C13H16BrClN2O2/c1-3-9(14)13(19)17(2)8-12(18)16-11-7-5-4-6-10(11)15/h4-7,9H,3,8H2,1-2H3,(H,16,18). The number of likely N-dealkylation sites (N-methyl/N-ethyl adjacent to an activating group) is 1. The summed E-state index contributed by atoms with van der Waals surface area (Å²) in [6.45, 7) is 1.89. The van der Waals surface area contributed by atoms with Crippen LogP contribution in [0.25, 0.3) is 0 Å². The predicted octanol–water partition coefficient (Wildman–Crippen LogP) is 2.91. The van der Waals surface area contributed by atoms with E-state index in [0.717, 1.165) is 0 Å². The smallest absolute Gasteiger partial charge is 0.244 e. The number of nitrogens with zero attached hydrogens (tertiary/aromatic N) is 1. The first-order chi connectivity index (χ1) is 8.95. The molecule has 6 heteroatoms.